The molecule has 0 heterocycles. The number of carbonyl (C=O) groups is 1. The zero-order chi connectivity index (χ0) is 16.1. The maximum atomic E-state index is 11.8. The molecule has 0 saturated carbocycles. The van der Waals surface area contributed by atoms with Gasteiger partial charge in [-0.1, -0.05) is 15.9 Å². The molecule has 112 valence electrons. The minimum Gasteiger partial charge on any atom is -0.281 e. The molecule has 22 heavy (non-hydrogen) atoms. The smallest absolute Gasteiger partial charge is 0.274 e. The summed E-state index contributed by atoms with van der Waals surface area (Å²) in [6.45, 7) is 0. The maximum Gasteiger partial charge on any atom is 0.274 e. The van der Waals surface area contributed by atoms with Crippen LogP contribution in [0.5, 0.6) is 0 Å². The summed E-state index contributed by atoms with van der Waals surface area (Å²) in [6.07, 6.45) is 2.65. The number of nitrogens with zero attached hydrogens (tertiary/aromatic N) is 2. The fraction of sp³-hybridized carbons (Fsp3) is 0. The first-order valence-corrected chi connectivity index (χ1v) is 6.98. The van der Waals surface area contributed by atoms with Gasteiger partial charge >= 0.3 is 0 Å². The molecule has 6 nitrogen and oxygen atoms in total. The highest BCUT2D eigenvalue weighted by molar-refractivity contribution is 9.10. The Balaban J connectivity index is 2.07. The SMILES string of the molecule is O=C(/C=C/c1ccc([N+](=O)[O-])cc1)N(O)c1ccc(Br)cc1. The van der Waals surface area contributed by atoms with Crippen LogP contribution in [0.1, 0.15) is 5.56 Å². The molecular formula is C15H11BrN2O4. The van der Waals surface area contributed by atoms with E-state index in [0.717, 1.165) is 4.47 Å². The largest absolute Gasteiger partial charge is 0.281 e. The topological polar surface area (TPSA) is 83.7 Å². The molecule has 0 unspecified atom stereocenters. The zero-order valence-electron chi connectivity index (χ0n) is 11.2. The number of hydrogen-bond donors (Lipinski definition) is 1. The van der Waals surface area contributed by atoms with Crippen LogP contribution in [0.4, 0.5) is 11.4 Å². The Bertz CT molecular complexity index is 711. The van der Waals surface area contributed by atoms with E-state index in [9.17, 15) is 20.1 Å². The summed E-state index contributed by atoms with van der Waals surface area (Å²) >= 11 is 3.26. The van der Waals surface area contributed by atoms with Gasteiger partial charge in [0.05, 0.1) is 10.6 Å². The number of non-ortho nitro benzene ring substituents is 1. The van der Waals surface area contributed by atoms with E-state index in [1.807, 2.05) is 0 Å². The Kier molecular flexibility index (Phi) is 5.03. The van der Waals surface area contributed by atoms with Gasteiger partial charge in [-0.2, -0.15) is 5.06 Å². The van der Waals surface area contributed by atoms with E-state index in [1.165, 1.54) is 36.4 Å². The molecule has 1 amide bonds. The number of anilines is 1. The first-order valence-electron chi connectivity index (χ1n) is 6.18. The molecule has 0 aliphatic carbocycles. The molecule has 0 spiro atoms. The van der Waals surface area contributed by atoms with Crippen molar-refractivity contribution >= 4 is 39.3 Å². The Hall–Kier alpha value is -2.51. The van der Waals surface area contributed by atoms with E-state index in [0.29, 0.717) is 16.3 Å². The molecule has 2 aromatic carbocycles. The lowest BCUT2D eigenvalue weighted by molar-refractivity contribution is -0.384. The van der Waals surface area contributed by atoms with Crippen molar-refractivity contribution in [1.29, 1.82) is 0 Å². The van der Waals surface area contributed by atoms with E-state index in [-0.39, 0.29) is 5.69 Å². The maximum absolute atomic E-state index is 11.8. The lowest BCUT2D eigenvalue weighted by Crippen LogP contribution is -2.24. The predicted octanol–water partition coefficient (Wildman–Crippen LogP) is 3.79. The van der Waals surface area contributed by atoms with Gasteiger partial charge in [-0.15, -0.1) is 0 Å². The van der Waals surface area contributed by atoms with E-state index < -0.39 is 10.8 Å². The second-order valence-electron chi connectivity index (χ2n) is 4.31. The van der Waals surface area contributed by atoms with Crippen molar-refractivity contribution in [3.63, 3.8) is 0 Å². The Morgan fingerprint density at radius 1 is 1.14 bits per heavy atom. The molecular weight excluding hydrogens is 352 g/mol. The summed E-state index contributed by atoms with van der Waals surface area (Å²) in [5, 5.41) is 20.9. The summed E-state index contributed by atoms with van der Waals surface area (Å²) in [6, 6.07) is 12.3. The molecule has 0 aromatic heterocycles. The van der Waals surface area contributed by atoms with Crippen LogP contribution in [0.3, 0.4) is 0 Å². The van der Waals surface area contributed by atoms with Crippen LogP contribution in [0.15, 0.2) is 59.1 Å². The zero-order valence-corrected chi connectivity index (χ0v) is 12.8. The van der Waals surface area contributed by atoms with Crippen molar-refractivity contribution < 1.29 is 14.9 Å². The monoisotopic (exact) mass is 362 g/mol. The van der Waals surface area contributed by atoms with Crippen LogP contribution in [0.2, 0.25) is 0 Å². The third-order valence-electron chi connectivity index (χ3n) is 2.80. The molecule has 2 aromatic rings. The van der Waals surface area contributed by atoms with Gasteiger partial charge in [0.15, 0.2) is 0 Å². The van der Waals surface area contributed by atoms with Gasteiger partial charge in [-0.3, -0.25) is 20.1 Å². The van der Waals surface area contributed by atoms with Gasteiger partial charge in [0.1, 0.15) is 0 Å². The number of carbonyl (C=O) groups excluding carboxylic acids is 1. The van der Waals surface area contributed by atoms with Crippen molar-refractivity contribution in [2.45, 2.75) is 0 Å². The molecule has 7 heteroatoms. The Morgan fingerprint density at radius 3 is 2.27 bits per heavy atom. The average Bonchev–Trinajstić information content (AvgIpc) is 2.53. The van der Waals surface area contributed by atoms with Gasteiger partial charge in [0.2, 0.25) is 0 Å². The average molecular weight is 363 g/mol. The van der Waals surface area contributed by atoms with E-state index >= 15 is 0 Å². The Morgan fingerprint density at radius 2 is 1.73 bits per heavy atom. The number of rotatable bonds is 4. The van der Waals surface area contributed by atoms with Crippen molar-refractivity contribution in [3.8, 4) is 0 Å². The van der Waals surface area contributed by atoms with Crippen molar-refractivity contribution in [3.05, 3.63) is 74.8 Å². The normalized spacial score (nSPS) is 10.6. The van der Waals surface area contributed by atoms with Gasteiger partial charge in [-0.25, -0.2) is 0 Å². The first-order chi connectivity index (χ1) is 10.5. The summed E-state index contributed by atoms with van der Waals surface area (Å²) < 4.78 is 0.832. The van der Waals surface area contributed by atoms with Crippen molar-refractivity contribution in [2.75, 3.05) is 5.06 Å². The summed E-state index contributed by atoms with van der Waals surface area (Å²) in [5.41, 5.74) is 0.923. The molecule has 0 bridgehead atoms. The third kappa shape index (κ3) is 4.00. The molecule has 0 radical (unpaired) electrons. The lowest BCUT2D eigenvalue weighted by Gasteiger charge is -2.12. The van der Waals surface area contributed by atoms with Crippen molar-refractivity contribution in [1.82, 2.24) is 0 Å². The number of benzene rings is 2. The standard InChI is InChI=1S/C15H11BrN2O4/c16-12-4-8-13(9-5-12)17(20)15(19)10-3-11-1-6-14(7-2-11)18(21)22/h1-10,20H/b10-3+. The molecule has 0 aliphatic heterocycles. The number of amides is 1. The fourth-order valence-electron chi connectivity index (χ4n) is 1.65. The van der Waals surface area contributed by atoms with Crippen LogP contribution in [0, 0.1) is 10.1 Å². The molecule has 1 N–H and O–H groups in total. The summed E-state index contributed by atoms with van der Waals surface area (Å²) in [7, 11) is 0. The minimum absolute atomic E-state index is 0.0258. The van der Waals surface area contributed by atoms with E-state index in [2.05, 4.69) is 15.9 Å². The highest BCUT2D eigenvalue weighted by Gasteiger charge is 2.10. The number of hydrogen-bond acceptors (Lipinski definition) is 4. The number of nitro benzene ring substituents is 1. The molecule has 0 saturated heterocycles. The number of nitro groups is 1. The Labute approximate surface area is 134 Å². The molecule has 0 aliphatic rings. The molecule has 0 fully saturated rings. The van der Waals surface area contributed by atoms with Gasteiger partial charge < -0.3 is 0 Å². The van der Waals surface area contributed by atoms with Gasteiger partial charge in [0, 0.05) is 22.7 Å². The summed E-state index contributed by atoms with van der Waals surface area (Å²) in [5.74, 6) is -0.624. The van der Waals surface area contributed by atoms with E-state index in [1.54, 1.807) is 24.3 Å². The molecule has 0 atom stereocenters. The first kappa shape index (κ1) is 15.9. The van der Waals surface area contributed by atoms with Crippen LogP contribution in [-0.2, 0) is 4.79 Å². The van der Waals surface area contributed by atoms with Crippen LogP contribution in [-0.4, -0.2) is 16.0 Å². The van der Waals surface area contributed by atoms with Crippen molar-refractivity contribution in [2.24, 2.45) is 0 Å². The number of hydroxylamine groups is 1. The van der Waals surface area contributed by atoms with Crippen LogP contribution >= 0.6 is 15.9 Å². The van der Waals surface area contributed by atoms with Gasteiger partial charge in [-0.05, 0) is 48.0 Å². The fourth-order valence-corrected chi connectivity index (χ4v) is 1.92. The third-order valence-corrected chi connectivity index (χ3v) is 3.33. The molecule has 2 rings (SSSR count). The van der Waals surface area contributed by atoms with Gasteiger partial charge in [0.25, 0.3) is 11.6 Å². The highest BCUT2D eigenvalue weighted by Crippen LogP contribution is 2.18. The lowest BCUT2D eigenvalue weighted by atomic mass is 10.2. The highest BCUT2D eigenvalue weighted by atomic mass is 79.9. The quantitative estimate of drug-likeness (QED) is 0.388. The summed E-state index contributed by atoms with van der Waals surface area (Å²) in [4.78, 5) is 21.9. The van der Waals surface area contributed by atoms with Crippen LogP contribution in [0.25, 0.3) is 6.08 Å². The second-order valence-corrected chi connectivity index (χ2v) is 5.22. The number of halogens is 1. The van der Waals surface area contributed by atoms with Crippen LogP contribution < -0.4 is 5.06 Å². The van der Waals surface area contributed by atoms with E-state index in [4.69, 9.17) is 0 Å². The second kappa shape index (κ2) is 6.97. The minimum atomic E-state index is -0.624. The predicted molar refractivity (Wildman–Crippen MR) is 85.5 cm³/mol.